The highest BCUT2D eigenvalue weighted by Gasteiger charge is 2.11. The maximum absolute atomic E-state index is 11.7. The lowest BCUT2D eigenvalue weighted by Crippen LogP contribution is -2.27. The molecule has 1 amide bonds. The number of nitrogens with one attached hydrogen (secondary N) is 1. The van der Waals surface area contributed by atoms with Gasteiger partial charge in [0.25, 0.3) is 0 Å². The van der Waals surface area contributed by atoms with Crippen LogP contribution in [0.25, 0.3) is 0 Å². The molecule has 2 nitrogen and oxygen atoms in total. The molecule has 2 unspecified atom stereocenters. The first-order valence-electron chi connectivity index (χ1n) is 6.07. The van der Waals surface area contributed by atoms with E-state index in [0.29, 0.717) is 12.3 Å². The van der Waals surface area contributed by atoms with Gasteiger partial charge in [0.2, 0.25) is 5.91 Å². The minimum atomic E-state index is 0.0691. The van der Waals surface area contributed by atoms with E-state index in [1.165, 1.54) is 0 Å². The summed E-state index contributed by atoms with van der Waals surface area (Å²) in [6, 6.07) is 8.11. The minimum Gasteiger partial charge on any atom is -0.350 e. The van der Waals surface area contributed by atoms with Crippen molar-refractivity contribution < 1.29 is 4.79 Å². The van der Waals surface area contributed by atoms with Crippen molar-refractivity contribution in [1.29, 1.82) is 0 Å². The van der Waals surface area contributed by atoms with E-state index in [4.69, 9.17) is 0 Å². The van der Waals surface area contributed by atoms with Crippen LogP contribution in [0.4, 0.5) is 0 Å². The smallest absolute Gasteiger partial charge is 0.220 e. The average Bonchev–Trinajstić information content (AvgIpc) is 2.29. The summed E-state index contributed by atoms with van der Waals surface area (Å²) in [5.74, 6) is 0.585. The monoisotopic (exact) mass is 297 g/mol. The quantitative estimate of drug-likeness (QED) is 0.872. The molecule has 0 aliphatic rings. The molecule has 0 radical (unpaired) electrons. The van der Waals surface area contributed by atoms with Crippen molar-refractivity contribution in [2.24, 2.45) is 5.92 Å². The Bertz CT molecular complexity index is 361. The summed E-state index contributed by atoms with van der Waals surface area (Å²) in [6.45, 7) is 6.22. The van der Waals surface area contributed by atoms with Crippen LogP contribution in [0, 0.1) is 5.92 Å². The van der Waals surface area contributed by atoms with Crippen LogP contribution < -0.4 is 5.32 Å². The van der Waals surface area contributed by atoms with Gasteiger partial charge in [-0.05, 0) is 30.5 Å². The predicted octanol–water partition coefficient (Wildman–Crippen LogP) is 4.06. The first kappa shape index (κ1) is 14.2. The summed E-state index contributed by atoms with van der Waals surface area (Å²) in [5, 5.41) is 3.03. The maximum Gasteiger partial charge on any atom is 0.220 e. The Balaban J connectivity index is 2.51. The second-order valence-electron chi connectivity index (χ2n) is 4.56. The molecular formula is C14H20BrNO. The zero-order chi connectivity index (χ0) is 12.8. The van der Waals surface area contributed by atoms with E-state index in [9.17, 15) is 4.79 Å². The molecule has 0 aliphatic carbocycles. The zero-order valence-electron chi connectivity index (χ0n) is 10.7. The van der Waals surface area contributed by atoms with Gasteiger partial charge >= 0.3 is 0 Å². The number of rotatable bonds is 5. The van der Waals surface area contributed by atoms with E-state index in [-0.39, 0.29) is 11.9 Å². The highest BCUT2D eigenvalue weighted by Crippen LogP contribution is 2.17. The van der Waals surface area contributed by atoms with Crippen LogP contribution in [0.1, 0.15) is 45.2 Å². The van der Waals surface area contributed by atoms with E-state index < -0.39 is 0 Å². The van der Waals surface area contributed by atoms with E-state index >= 15 is 0 Å². The normalized spacial score (nSPS) is 14.1. The lowest BCUT2D eigenvalue weighted by atomic mass is 10.0. The summed E-state index contributed by atoms with van der Waals surface area (Å²) >= 11 is 3.40. The number of amides is 1. The Morgan fingerprint density at radius 3 is 2.41 bits per heavy atom. The Labute approximate surface area is 112 Å². The molecule has 1 rings (SSSR count). The van der Waals surface area contributed by atoms with Crippen LogP contribution >= 0.6 is 15.9 Å². The van der Waals surface area contributed by atoms with Crippen LogP contribution in [-0.4, -0.2) is 5.91 Å². The average molecular weight is 298 g/mol. The summed E-state index contributed by atoms with van der Waals surface area (Å²) in [6.07, 6.45) is 1.65. The lowest BCUT2D eigenvalue weighted by Gasteiger charge is -2.16. The number of halogens is 1. The van der Waals surface area contributed by atoms with E-state index in [2.05, 4.69) is 35.1 Å². The molecule has 94 valence electrons. The van der Waals surface area contributed by atoms with Gasteiger partial charge in [0.15, 0.2) is 0 Å². The molecule has 0 spiro atoms. The molecular weight excluding hydrogens is 278 g/mol. The first-order valence-corrected chi connectivity index (χ1v) is 6.87. The van der Waals surface area contributed by atoms with Gasteiger partial charge in [-0.2, -0.15) is 0 Å². The fourth-order valence-electron chi connectivity index (χ4n) is 1.60. The van der Waals surface area contributed by atoms with Gasteiger partial charge in [0.1, 0.15) is 0 Å². The van der Waals surface area contributed by atoms with Crippen molar-refractivity contribution in [2.75, 3.05) is 0 Å². The summed E-state index contributed by atoms with van der Waals surface area (Å²) in [7, 11) is 0. The van der Waals surface area contributed by atoms with Crippen LogP contribution in [0.2, 0.25) is 0 Å². The molecule has 0 aromatic heterocycles. The topological polar surface area (TPSA) is 29.1 Å². The van der Waals surface area contributed by atoms with Crippen molar-refractivity contribution >= 4 is 21.8 Å². The number of hydrogen-bond acceptors (Lipinski definition) is 1. The Hall–Kier alpha value is -0.830. The third-order valence-electron chi connectivity index (χ3n) is 2.98. The van der Waals surface area contributed by atoms with E-state index in [1.54, 1.807) is 0 Å². The van der Waals surface area contributed by atoms with Crippen molar-refractivity contribution in [3.63, 3.8) is 0 Å². The molecule has 2 atom stereocenters. The molecule has 0 fully saturated rings. The molecule has 0 aliphatic heterocycles. The fourth-order valence-corrected chi connectivity index (χ4v) is 1.86. The first-order chi connectivity index (χ1) is 8.02. The summed E-state index contributed by atoms with van der Waals surface area (Å²) in [5.41, 5.74) is 1.13. The van der Waals surface area contributed by atoms with Crippen LogP contribution in [0.3, 0.4) is 0 Å². The van der Waals surface area contributed by atoms with Crippen molar-refractivity contribution in [3.8, 4) is 0 Å². The van der Waals surface area contributed by atoms with Gasteiger partial charge in [0, 0.05) is 10.9 Å². The second kappa shape index (κ2) is 6.80. The highest BCUT2D eigenvalue weighted by atomic mass is 79.9. The molecule has 1 aromatic carbocycles. The number of benzene rings is 1. The summed E-state index contributed by atoms with van der Waals surface area (Å²) in [4.78, 5) is 11.7. The van der Waals surface area contributed by atoms with E-state index in [1.807, 2.05) is 31.2 Å². The third-order valence-corrected chi connectivity index (χ3v) is 3.51. The molecule has 17 heavy (non-hydrogen) atoms. The Morgan fingerprint density at radius 2 is 1.88 bits per heavy atom. The largest absolute Gasteiger partial charge is 0.350 e. The number of hydrogen-bond donors (Lipinski definition) is 1. The van der Waals surface area contributed by atoms with Crippen molar-refractivity contribution in [2.45, 2.75) is 39.7 Å². The molecule has 1 N–H and O–H groups in total. The number of carbonyl (C=O) groups is 1. The number of carbonyl (C=O) groups excluding carboxylic acids is 1. The predicted molar refractivity (Wildman–Crippen MR) is 74.8 cm³/mol. The van der Waals surface area contributed by atoms with Gasteiger partial charge < -0.3 is 5.32 Å². The van der Waals surface area contributed by atoms with Crippen LogP contribution in [0.15, 0.2) is 28.7 Å². The Kier molecular flexibility index (Phi) is 5.69. The highest BCUT2D eigenvalue weighted by molar-refractivity contribution is 9.10. The van der Waals surface area contributed by atoms with Gasteiger partial charge in [-0.15, -0.1) is 0 Å². The van der Waals surface area contributed by atoms with Gasteiger partial charge in [-0.25, -0.2) is 0 Å². The SMILES string of the molecule is CCC(C)CC(=O)NC(C)c1ccc(Br)cc1. The zero-order valence-corrected chi connectivity index (χ0v) is 12.3. The van der Waals surface area contributed by atoms with E-state index in [0.717, 1.165) is 16.5 Å². The van der Waals surface area contributed by atoms with Crippen LogP contribution in [0.5, 0.6) is 0 Å². The second-order valence-corrected chi connectivity index (χ2v) is 5.47. The van der Waals surface area contributed by atoms with Crippen LogP contribution in [-0.2, 0) is 4.79 Å². The maximum atomic E-state index is 11.7. The molecule has 3 heteroatoms. The minimum absolute atomic E-state index is 0.0691. The molecule has 0 bridgehead atoms. The molecule has 0 saturated heterocycles. The van der Waals surface area contributed by atoms with Gasteiger partial charge in [0.05, 0.1) is 6.04 Å². The third kappa shape index (κ3) is 4.90. The summed E-state index contributed by atoms with van der Waals surface area (Å²) < 4.78 is 1.05. The standard InChI is InChI=1S/C14H20BrNO/c1-4-10(2)9-14(17)16-11(3)12-5-7-13(15)8-6-12/h5-8,10-11H,4,9H2,1-3H3,(H,16,17). The van der Waals surface area contributed by atoms with Crippen molar-refractivity contribution in [3.05, 3.63) is 34.3 Å². The fraction of sp³-hybridized carbons (Fsp3) is 0.500. The molecule has 0 heterocycles. The molecule has 1 aromatic rings. The molecule has 0 saturated carbocycles. The van der Waals surface area contributed by atoms with Gasteiger partial charge in [-0.1, -0.05) is 48.3 Å². The van der Waals surface area contributed by atoms with Crippen molar-refractivity contribution in [1.82, 2.24) is 5.32 Å². The Morgan fingerprint density at radius 1 is 1.29 bits per heavy atom. The lowest BCUT2D eigenvalue weighted by molar-refractivity contribution is -0.122. The van der Waals surface area contributed by atoms with Gasteiger partial charge in [-0.3, -0.25) is 4.79 Å².